The van der Waals surface area contributed by atoms with E-state index in [9.17, 15) is 13.6 Å². The Kier molecular flexibility index (Phi) is 12.3. The molecule has 1 aromatic rings. The third-order valence-electron chi connectivity index (χ3n) is 7.52. The van der Waals surface area contributed by atoms with Crippen molar-refractivity contribution in [1.29, 1.82) is 0 Å². The van der Waals surface area contributed by atoms with Gasteiger partial charge in [-0.1, -0.05) is 23.7 Å². The van der Waals surface area contributed by atoms with Crippen molar-refractivity contribution in [3.8, 4) is 0 Å². The van der Waals surface area contributed by atoms with Crippen LogP contribution in [0.1, 0.15) is 70.0 Å². The fourth-order valence-corrected chi connectivity index (χ4v) is 5.79. The maximum atomic E-state index is 13.6. The topological polar surface area (TPSA) is 62.8 Å². The van der Waals surface area contributed by atoms with Gasteiger partial charge in [0.25, 0.3) is 0 Å². The number of benzene rings is 1. The summed E-state index contributed by atoms with van der Waals surface area (Å²) in [5, 5.41) is 7.01. The van der Waals surface area contributed by atoms with Crippen LogP contribution in [0.3, 0.4) is 0 Å². The van der Waals surface area contributed by atoms with Gasteiger partial charge in [-0.05, 0) is 76.1 Å². The number of alkyl halides is 2. The van der Waals surface area contributed by atoms with Crippen molar-refractivity contribution in [1.82, 2.24) is 15.5 Å². The molecule has 2 aliphatic rings. The molecule has 9 heteroatoms. The lowest BCUT2D eigenvalue weighted by Gasteiger charge is -2.38. The summed E-state index contributed by atoms with van der Waals surface area (Å²) in [6.07, 6.45) is 4.13. The molecule has 0 radical (unpaired) electrons. The molecule has 2 amide bonds. The van der Waals surface area contributed by atoms with Gasteiger partial charge in [0, 0.05) is 69.3 Å². The molecule has 0 bridgehead atoms. The van der Waals surface area contributed by atoms with Crippen LogP contribution in [0.4, 0.5) is 13.6 Å². The fraction of sp³-hybridized carbons (Fsp3) is 0.750. The van der Waals surface area contributed by atoms with E-state index in [2.05, 4.69) is 10.6 Å². The molecule has 1 aromatic carbocycles. The predicted molar refractivity (Wildman–Crippen MR) is 143 cm³/mol. The van der Waals surface area contributed by atoms with Gasteiger partial charge in [-0.25, -0.2) is 13.6 Å². The van der Waals surface area contributed by atoms with Gasteiger partial charge in [0.2, 0.25) is 5.92 Å². The van der Waals surface area contributed by atoms with Crippen LogP contribution >= 0.6 is 11.6 Å². The molecule has 37 heavy (non-hydrogen) atoms. The summed E-state index contributed by atoms with van der Waals surface area (Å²) in [6, 6.07) is 7.59. The quantitative estimate of drug-likeness (QED) is 0.297. The summed E-state index contributed by atoms with van der Waals surface area (Å²) in [5.41, 5.74) is 1.03. The van der Waals surface area contributed by atoms with Crippen molar-refractivity contribution < 1.29 is 23.0 Å². The van der Waals surface area contributed by atoms with Crippen LogP contribution in [0.25, 0.3) is 0 Å². The number of likely N-dealkylation sites (N-methyl/N-ethyl adjacent to an activating group) is 1. The number of carbonyl (C=O) groups is 1. The van der Waals surface area contributed by atoms with Gasteiger partial charge in [-0.3, -0.25) is 0 Å². The molecule has 0 aromatic heterocycles. The van der Waals surface area contributed by atoms with Crippen molar-refractivity contribution in [3.05, 3.63) is 34.9 Å². The number of urea groups is 1. The molecule has 1 aliphatic heterocycles. The van der Waals surface area contributed by atoms with Gasteiger partial charge >= 0.3 is 6.03 Å². The first kappa shape index (κ1) is 30.1. The number of nitrogens with zero attached hydrogens (tertiary/aromatic N) is 1. The monoisotopic (exact) mass is 543 g/mol. The van der Waals surface area contributed by atoms with Crippen molar-refractivity contribution >= 4 is 17.6 Å². The zero-order valence-electron chi connectivity index (χ0n) is 22.3. The highest BCUT2D eigenvalue weighted by Crippen LogP contribution is 2.38. The smallest absolute Gasteiger partial charge is 0.317 e. The number of likely N-dealkylation sites (tertiary alicyclic amines) is 1. The van der Waals surface area contributed by atoms with Crippen LogP contribution < -0.4 is 10.6 Å². The van der Waals surface area contributed by atoms with E-state index in [0.29, 0.717) is 63.7 Å². The molecule has 1 saturated heterocycles. The number of piperidine rings is 1. The Labute approximate surface area is 225 Å². The summed E-state index contributed by atoms with van der Waals surface area (Å²) in [6.45, 7) is 5.80. The maximum absolute atomic E-state index is 13.6. The average molecular weight is 544 g/mol. The fourth-order valence-electron chi connectivity index (χ4n) is 5.59. The molecule has 1 aliphatic carbocycles. The van der Waals surface area contributed by atoms with Crippen LogP contribution in [0.5, 0.6) is 0 Å². The van der Waals surface area contributed by atoms with Crippen molar-refractivity contribution in [3.63, 3.8) is 0 Å². The Bertz CT molecular complexity index is 822. The molecule has 6 nitrogen and oxygen atoms in total. The number of hydrogen-bond donors (Lipinski definition) is 2. The number of rotatable bonds is 13. The minimum atomic E-state index is -2.54. The number of ether oxygens (including phenoxy) is 2. The molecule has 3 atom stereocenters. The minimum Gasteiger partial charge on any atom is -0.382 e. The van der Waals surface area contributed by atoms with E-state index in [-0.39, 0.29) is 42.9 Å². The lowest BCUT2D eigenvalue weighted by atomic mass is 9.83. The lowest BCUT2D eigenvalue weighted by Crippen LogP contribution is -2.52. The van der Waals surface area contributed by atoms with E-state index < -0.39 is 5.92 Å². The van der Waals surface area contributed by atoms with Gasteiger partial charge < -0.3 is 25.0 Å². The van der Waals surface area contributed by atoms with Crippen LogP contribution in [0.2, 0.25) is 5.02 Å². The minimum absolute atomic E-state index is 0.0544. The Balaban J connectivity index is 1.60. The van der Waals surface area contributed by atoms with E-state index in [1.54, 1.807) is 0 Å². The van der Waals surface area contributed by atoms with Gasteiger partial charge in [-0.2, -0.15) is 0 Å². The van der Waals surface area contributed by atoms with Crippen LogP contribution in [-0.2, 0) is 9.47 Å². The van der Waals surface area contributed by atoms with Crippen LogP contribution in [-0.4, -0.2) is 69.4 Å². The molecule has 1 saturated carbocycles. The zero-order chi connectivity index (χ0) is 26.7. The molecule has 2 N–H and O–H groups in total. The van der Waals surface area contributed by atoms with Gasteiger partial charge in [0.1, 0.15) is 0 Å². The Hall–Kier alpha value is -1.48. The van der Waals surface area contributed by atoms with Crippen molar-refractivity contribution in [2.45, 2.75) is 76.4 Å². The normalized spacial score (nSPS) is 22.0. The third-order valence-corrected chi connectivity index (χ3v) is 7.75. The summed E-state index contributed by atoms with van der Waals surface area (Å²) >= 11 is 6.29. The van der Waals surface area contributed by atoms with Gasteiger partial charge in [0.15, 0.2) is 0 Å². The second kappa shape index (κ2) is 15.2. The Morgan fingerprint density at radius 1 is 1.24 bits per heavy atom. The highest BCUT2D eigenvalue weighted by Gasteiger charge is 2.36. The number of carbonyl (C=O) groups excluding carboxylic acids is 1. The average Bonchev–Trinajstić information content (AvgIpc) is 2.87. The lowest BCUT2D eigenvalue weighted by molar-refractivity contribution is -0.0473. The first-order chi connectivity index (χ1) is 17.8. The molecular weight excluding hydrogens is 500 g/mol. The van der Waals surface area contributed by atoms with E-state index in [1.165, 1.54) is 0 Å². The summed E-state index contributed by atoms with van der Waals surface area (Å²) in [5.74, 6) is -2.18. The molecule has 1 heterocycles. The summed E-state index contributed by atoms with van der Waals surface area (Å²) in [7, 11) is 1.85. The van der Waals surface area contributed by atoms with Gasteiger partial charge in [-0.15, -0.1) is 0 Å². The standard InChI is InChI=1S/C28H44ClF2N3O3/c1-3-36-15-6-16-37-26(22-7-4-9-24(29)18-22)23-8-5-14-34(20-23)27(35)33-25(19-32-2)17-21-10-12-28(30,31)13-11-21/h4,7,9,18,21,23,25-26,32H,3,5-6,8,10-17,19-20H2,1-2H3,(H,33,35)/t23-,25+,26+/m1/s1. The molecule has 0 unspecified atom stereocenters. The van der Waals surface area contributed by atoms with E-state index in [1.807, 2.05) is 43.1 Å². The van der Waals surface area contributed by atoms with E-state index in [0.717, 1.165) is 24.8 Å². The van der Waals surface area contributed by atoms with Crippen LogP contribution in [0.15, 0.2) is 24.3 Å². The van der Waals surface area contributed by atoms with E-state index in [4.69, 9.17) is 21.1 Å². The number of halogens is 3. The second-order valence-corrected chi connectivity index (χ2v) is 10.9. The van der Waals surface area contributed by atoms with Gasteiger partial charge in [0.05, 0.1) is 6.10 Å². The second-order valence-electron chi connectivity index (χ2n) is 10.5. The first-order valence-electron chi connectivity index (χ1n) is 13.8. The number of nitrogens with one attached hydrogen (secondary N) is 2. The maximum Gasteiger partial charge on any atom is 0.317 e. The SMILES string of the molecule is CCOCCCO[C@@H](c1cccc(Cl)c1)[C@@H]1CCCN(C(=O)N[C@H](CNC)CC2CCC(F)(F)CC2)C1. The Morgan fingerprint density at radius 3 is 2.73 bits per heavy atom. The van der Waals surface area contributed by atoms with Crippen molar-refractivity contribution in [2.24, 2.45) is 11.8 Å². The zero-order valence-corrected chi connectivity index (χ0v) is 23.1. The Morgan fingerprint density at radius 2 is 2.03 bits per heavy atom. The van der Waals surface area contributed by atoms with Crippen molar-refractivity contribution in [2.75, 3.05) is 46.5 Å². The molecule has 2 fully saturated rings. The highest BCUT2D eigenvalue weighted by molar-refractivity contribution is 6.30. The number of amides is 2. The highest BCUT2D eigenvalue weighted by atomic mass is 35.5. The summed E-state index contributed by atoms with van der Waals surface area (Å²) in [4.78, 5) is 15.2. The molecule has 210 valence electrons. The predicted octanol–water partition coefficient (Wildman–Crippen LogP) is 6.05. The molecule has 0 spiro atoms. The third kappa shape index (κ3) is 9.97. The summed E-state index contributed by atoms with van der Waals surface area (Å²) < 4.78 is 39.0. The number of hydrogen-bond acceptors (Lipinski definition) is 4. The van der Waals surface area contributed by atoms with Crippen LogP contribution in [0, 0.1) is 11.8 Å². The molecule has 3 rings (SSSR count). The molecular formula is C28H44ClF2N3O3. The first-order valence-corrected chi connectivity index (χ1v) is 14.2. The largest absolute Gasteiger partial charge is 0.382 e. The van der Waals surface area contributed by atoms with E-state index >= 15 is 0 Å².